The van der Waals surface area contributed by atoms with Gasteiger partial charge in [-0.15, -0.1) is 11.3 Å². The molecule has 1 aromatic carbocycles. The smallest absolute Gasteiger partial charge is 0.311 e. The van der Waals surface area contributed by atoms with Crippen molar-refractivity contribution in [2.24, 2.45) is 5.92 Å². The topological polar surface area (TPSA) is 147 Å². The van der Waals surface area contributed by atoms with Crippen LogP contribution in [-0.4, -0.2) is 56.4 Å². The molecule has 0 aliphatic carbocycles. The van der Waals surface area contributed by atoms with E-state index in [9.17, 15) is 24.3 Å². The van der Waals surface area contributed by atoms with Crippen molar-refractivity contribution in [1.82, 2.24) is 30.1 Å². The first-order valence-corrected chi connectivity index (χ1v) is 13.6. The second kappa shape index (κ2) is 11.4. The third-order valence-corrected chi connectivity index (χ3v) is 7.85. The van der Waals surface area contributed by atoms with Gasteiger partial charge in [-0.05, 0) is 25.2 Å². The fraction of sp³-hybridized carbons (Fsp3) is 0.407. The highest BCUT2D eigenvalue weighted by atomic mass is 32.1. The van der Waals surface area contributed by atoms with E-state index in [4.69, 9.17) is 0 Å². The molecule has 3 heterocycles. The van der Waals surface area contributed by atoms with Crippen LogP contribution in [0.15, 0.2) is 40.5 Å². The zero-order valence-electron chi connectivity index (χ0n) is 22.4. The van der Waals surface area contributed by atoms with Crippen molar-refractivity contribution < 1.29 is 19.5 Å². The molecule has 2 aromatic heterocycles. The number of nitrogens with zero attached hydrogens (tertiary/aromatic N) is 4. The van der Waals surface area contributed by atoms with Crippen molar-refractivity contribution in [2.75, 3.05) is 14.1 Å². The van der Waals surface area contributed by atoms with E-state index in [1.54, 1.807) is 0 Å². The number of hydrogen-bond donors (Lipinski definition) is 3. The van der Waals surface area contributed by atoms with Crippen LogP contribution in [0, 0.1) is 5.92 Å². The van der Waals surface area contributed by atoms with E-state index in [0.29, 0.717) is 25.0 Å². The third kappa shape index (κ3) is 5.70. The van der Waals surface area contributed by atoms with Crippen LogP contribution < -0.4 is 16.2 Å². The molecule has 2 atom stereocenters. The van der Waals surface area contributed by atoms with Crippen molar-refractivity contribution in [2.45, 2.75) is 51.7 Å². The van der Waals surface area contributed by atoms with Crippen molar-refractivity contribution in [1.29, 1.82) is 0 Å². The van der Waals surface area contributed by atoms with Crippen LogP contribution in [0.2, 0.25) is 0 Å². The van der Waals surface area contributed by atoms with Gasteiger partial charge in [-0.1, -0.05) is 44.2 Å². The predicted octanol–water partition coefficient (Wildman–Crippen LogP) is 2.24. The van der Waals surface area contributed by atoms with Gasteiger partial charge in [0.15, 0.2) is 5.69 Å². The largest absolute Gasteiger partial charge is 0.501 e. The quantitative estimate of drug-likeness (QED) is 0.398. The van der Waals surface area contributed by atoms with E-state index < -0.39 is 40.3 Å². The van der Waals surface area contributed by atoms with Gasteiger partial charge in [0.2, 0.25) is 5.75 Å². The van der Waals surface area contributed by atoms with Crippen molar-refractivity contribution in [3.63, 3.8) is 0 Å². The Labute approximate surface area is 229 Å². The average Bonchev–Trinajstić information content (AvgIpc) is 3.36. The summed E-state index contributed by atoms with van der Waals surface area (Å²) in [5.74, 6) is -2.93. The van der Waals surface area contributed by atoms with Gasteiger partial charge < -0.3 is 20.6 Å². The summed E-state index contributed by atoms with van der Waals surface area (Å²) in [6, 6.07) is 9.63. The summed E-state index contributed by atoms with van der Waals surface area (Å²) in [6.45, 7) is 4.07. The van der Waals surface area contributed by atoms with E-state index in [0.717, 1.165) is 15.5 Å². The Morgan fingerprint density at radius 2 is 1.92 bits per heavy atom. The molecule has 12 heteroatoms. The number of fused-ring (bicyclic) bond motifs is 1. The number of rotatable bonds is 6. The monoisotopic (exact) mass is 552 g/mol. The van der Waals surface area contributed by atoms with Gasteiger partial charge in [-0.3, -0.25) is 23.7 Å². The van der Waals surface area contributed by atoms with Crippen LogP contribution in [0.3, 0.4) is 0 Å². The summed E-state index contributed by atoms with van der Waals surface area (Å²) in [7, 11) is 2.94. The number of hydrogen-bond acceptors (Lipinski definition) is 8. The first-order valence-electron chi connectivity index (χ1n) is 12.7. The second-order valence-corrected chi connectivity index (χ2v) is 10.8. The number of aromatic hydroxyl groups is 1. The van der Waals surface area contributed by atoms with Gasteiger partial charge in [-0.25, -0.2) is 9.97 Å². The Balaban J connectivity index is 1.66. The van der Waals surface area contributed by atoms with E-state index in [1.165, 1.54) is 30.0 Å². The number of carbonyl (C=O) groups excluding carboxylic acids is 3. The minimum atomic E-state index is -1.19. The van der Waals surface area contributed by atoms with Crippen LogP contribution >= 0.6 is 11.3 Å². The molecule has 1 aliphatic heterocycles. The number of likely N-dealkylation sites (N-methyl/N-ethyl adjacent to an activating group) is 1. The second-order valence-electron chi connectivity index (χ2n) is 9.97. The molecule has 0 spiro atoms. The predicted molar refractivity (Wildman–Crippen MR) is 146 cm³/mol. The lowest BCUT2D eigenvalue weighted by Crippen LogP contribution is -2.53. The van der Waals surface area contributed by atoms with Crippen LogP contribution in [-0.2, 0) is 28.2 Å². The SMILES string of the molecule is CCC1(NC(=O)C(=O)N(C)C)CCC(C)Cn2c1nc(C(=O)NCc1csc(-c3ccccc3)n1)c(O)c2=O. The molecule has 3 aromatic rings. The molecule has 39 heavy (non-hydrogen) atoms. The van der Waals surface area contributed by atoms with Gasteiger partial charge in [0.1, 0.15) is 10.8 Å². The zero-order valence-corrected chi connectivity index (χ0v) is 23.2. The van der Waals surface area contributed by atoms with Crippen LogP contribution in [0.5, 0.6) is 5.75 Å². The number of nitrogens with one attached hydrogen (secondary N) is 2. The molecule has 3 amide bonds. The van der Waals surface area contributed by atoms with E-state index in [2.05, 4.69) is 20.6 Å². The molecule has 0 saturated heterocycles. The maximum atomic E-state index is 13.3. The van der Waals surface area contributed by atoms with E-state index in [1.807, 2.05) is 49.6 Å². The maximum absolute atomic E-state index is 13.3. The lowest BCUT2D eigenvalue weighted by atomic mass is 9.87. The third-order valence-electron chi connectivity index (χ3n) is 6.91. The Bertz CT molecular complexity index is 1450. The molecule has 206 valence electrons. The minimum absolute atomic E-state index is 0.0284. The number of carbonyl (C=O) groups is 3. The first kappa shape index (κ1) is 28.0. The lowest BCUT2D eigenvalue weighted by Gasteiger charge is -2.33. The Morgan fingerprint density at radius 3 is 2.59 bits per heavy atom. The molecule has 2 unspecified atom stereocenters. The molecule has 3 N–H and O–H groups in total. The molecule has 0 bridgehead atoms. The van der Waals surface area contributed by atoms with Crippen LogP contribution in [0.4, 0.5) is 0 Å². The molecule has 1 aliphatic rings. The van der Waals surface area contributed by atoms with Gasteiger partial charge in [0, 0.05) is 31.6 Å². The molecular weight excluding hydrogens is 520 g/mol. The zero-order chi connectivity index (χ0) is 28.3. The Kier molecular flexibility index (Phi) is 8.14. The van der Waals surface area contributed by atoms with Crippen molar-refractivity contribution in [3.8, 4) is 16.3 Å². The number of amides is 3. The Morgan fingerprint density at radius 1 is 1.21 bits per heavy atom. The van der Waals surface area contributed by atoms with Gasteiger partial charge in [0.05, 0.1) is 17.8 Å². The highest BCUT2D eigenvalue weighted by Crippen LogP contribution is 2.35. The molecule has 0 fully saturated rings. The van der Waals surface area contributed by atoms with Crippen LogP contribution in [0.1, 0.15) is 55.1 Å². The summed E-state index contributed by atoms with van der Waals surface area (Å²) in [6.07, 6.45) is 1.34. The summed E-state index contributed by atoms with van der Waals surface area (Å²) in [5.41, 5.74) is -0.827. The van der Waals surface area contributed by atoms with Gasteiger partial charge >= 0.3 is 11.8 Å². The molecule has 0 radical (unpaired) electrons. The number of thiazole rings is 1. The fourth-order valence-corrected chi connectivity index (χ4v) is 5.44. The summed E-state index contributed by atoms with van der Waals surface area (Å²) < 4.78 is 1.31. The lowest BCUT2D eigenvalue weighted by molar-refractivity contribution is -0.145. The summed E-state index contributed by atoms with van der Waals surface area (Å²) in [5, 5.41) is 18.8. The normalized spacial score (nSPS) is 18.5. The van der Waals surface area contributed by atoms with Gasteiger partial charge in [-0.2, -0.15) is 0 Å². The maximum Gasteiger partial charge on any atom is 0.311 e. The highest BCUT2D eigenvalue weighted by molar-refractivity contribution is 7.13. The Hall–Kier alpha value is -4.06. The molecule has 4 rings (SSSR count). The molecule has 11 nitrogen and oxygen atoms in total. The molecular formula is C27H32N6O5S. The number of aromatic nitrogens is 3. The standard InChI is InChI=1S/C27H32N6O5S/c1-5-27(31-22(36)25(38)32(3)4)12-11-16(2)14-33-24(37)20(34)19(30-26(27)33)21(35)28-13-18-15-39-23(29-18)17-9-7-6-8-10-17/h6-10,15-16,34H,5,11-14H2,1-4H3,(H,28,35)(H,31,36). The van der Waals surface area contributed by atoms with E-state index in [-0.39, 0.29) is 24.8 Å². The fourth-order valence-electron chi connectivity index (χ4n) is 4.62. The van der Waals surface area contributed by atoms with Gasteiger partial charge in [0.25, 0.3) is 11.5 Å². The average molecular weight is 553 g/mol. The van der Waals surface area contributed by atoms with Crippen LogP contribution in [0.25, 0.3) is 10.6 Å². The van der Waals surface area contributed by atoms with E-state index >= 15 is 0 Å². The first-order chi connectivity index (χ1) is 18.6. The van der Waals surface area contributed by atoms with Crippen molar-refractivity contribution >= 4 is 29.1 Å². The summed E-state index contributed by atoms with van der Waals surface area (Å²) >= 11 is 1.44. The molecule has 0 saturated carbocycles. The van der Waals surface area contributed by atoms with Crippen molar-refractivity contribution in [3.05, 3.63) is 63.3 Å². The number of benzene rings is 1. The summed E-state index contributed by atoms with van der Waals surface area (Å²) in [4.78, 5) is 61.8. The highest BCUT2D eigenvalue weighted by Gasteiger charge is 2.42. The minimum Gasteiger partial charge on any atom is -0.501 e.